The van der Waals surface area contributed by atoms with Gasteiger partial charge in [-0.15, -0.1) is 0 Å². The Hall–Kier alpha value is -2.50. The van der Waals surface area contributed by atoms with E-state index in [0.29, 0.717) is 45.6 Å². The number of fused-ring (bicyclic) bond motifs is 1. The molecule has 1 atom stereocenters. The van der Waals surface area contributed by atoms with Crippen molar-refractivity contribution in [2.75, 3.05) is 0 Å². The molecular formula is C21H19Cl2NO4. The lowest BCUT2D eigenvalue weighted by Crippen LogP contribution is -2.16. The second-order valence-corrected chi connectivity index (χ2v) is 7.46. The van der Waals surface area contributed by atoms with Crippen LogP contribution in [0.3, 0.4) is 0 Å². The highest BCUT2D eigenvalue weighted by Gasteiger charge is 2.29. The Morgan fingerprint density at radius 3 is 2.43 bits per heavy atom. The third-order valence-corrected chi connectivity index (χ3v) is 5.57. The number of carboxylic acids is 1. The highest BCUT2D eigenvalue weighted by atomic mass is 35.5. The number of carboxylic acid groups (broad SMARTS) is 1. The Morgan fingerprint density at radius 1 is 1.11 bits per heavy atom. The maximum atomic E-state index is 13.2. The summed E-state index contributed by atoms with van der Waals surface area (Å²) in [6.07, 6.45) is 1.09. The second-order valence-electron chi connectivity index (χ2n) is 6.65. The fourth-order valence-corrected chi connectivity index (χ4v) is 3.87. The van der Waals surface area contributed by atoms with Gasteiger partial charge in [0.05, 0.1) is 21.5 Å². The number of hydrogen-bond donors (Lipinski definition) is 2. The zero-order chi connectivity index (χ0) is 20.6. The molecule has 0 amide bonds. The summed E-state index contributed by atoms with van der Waals surface area (Å²) in [6.45, 7) is 3.62. The first-order chi connectivity index (χ1) is 13.3. The monoisotopic (exact) mass is 419 g/mol. The van der Waals surface area contributed by atoms with Crippen molar-refractivity contribution in [3.8, 4) is 5.75 Å². The Labute approximate surface area is 172 Å². The molecule has 2 aromatic carbocycles. The van der Waals surface area contributed by atoms with Gasteiger partial charge < -0.3 is 10.2 Å². The van der Waals surface area contributed by atoms with Crippen molar-refractivity contribution in [1.29, 1.82) is 0 Å². The summed E-state index contributed by atoms with van der Waals surface area (Å²) < 4.78 is 1.47. The van der Waals surface area contributed by atoms with Crippen molar-refractivity contribution >= 4 is 46.0 Å². The summed E-state index contributed by atoms with van der Waals surface area (Å²) in [5, 5.41) is 20.9. The second kappa shape index (κ2) is 7.86. The van der Waals surface area contributed by atoms with E-state index in [1.165, 1.54) is 22.8 Å². The van der Waals surface area contributed by atoms with E-state index in [2.05, 4.69) is 0 Å². The Morgan fingerprint density at radius 2 is 1.82 bits per heavy atom. The molecule has 28 heavy (non-hydrogen) atoms. The number of phenols is 1. The van der Waals surface area contributed by atoms with Crippen LogP contribution in [0.4, 0.5) is 0 Å². The number of benzene rings is 2. The zero-order valence-electron chi connectivity index (χ0n) is 15.4. The molecule has 0 spiro atoms. The maximum Gasteiger partial charge on any atom is 0.311 e. The van der Waals surface area contributed by atoms with Crippen LogP contribution in [-0.2, 0) is 4.79 Å². The van der Waals surface area contributed by atoms with E-state index in [1.807, 2.05) is 6.92 Å². The van der Waals surface area contributed by atoms with Crippen LogP contribution in [0, 0.1) is 6.92 Å². The molecule has 0 bridgehead atoms. The minimum atomic E-state index is -0.964. The van der Waals surface area contributed by atoms with Gasteiger partial charge in [0.2, 0.25) is 0 Å². The molecule has 0 radical (unpaired) electrons. The van der Waals surface area contributed by atoms with Crippen LogP contribution in [0.25, 0.3) is 10.9 Å². The SMILES string of the molecule is CCCC(C(=O)O)c1c(C)n(C(=O)c2ccc(Cl)c(Cl)c2)c2ccc(O)cc12. The smallest absolute Gasteiger partial charge is 0.311 e. The van der Waals surface area contributed by atoms with Gasteiger partial charge in [0.15, 0.2) is 0 Å². The number of hydrogen-bond acceptors (Lipinski definition) is 3. The predicted octanol–water partition coefficient (Wildman–Crippen LogP) is 5.62. The summed E-state index contributed by atoms with van der Waals surface area (Å²) in [4.78, 5) is 25.2. The van der Waals surface area contributed by atoms with E-state index in [4.69, 9.17) is 23.2 Å². The molecule has 0 aliphatic rings. The molecule has 5 nitrogen and oxygen atoms in total. The lowest BCUT2D eigenvalue weighted by molar-refractivity contribution is -0.139. The largest absolute Gasteiger partial charge is 0.508 e. The molecule has 146 valence electrons. The Balaban J connectivity index is 2.28. The summed E-state index contributed by atoms with van der Waals surface area (Å²) in [7, 11) is 0. The number of nitrogens with zero attached hydrogens (tertiary/aromatic N) is 1. The summed E-state index contributed by atoms with van der Waals surface area (Å²) in [5.41, 5.74) is 1.92. The lowest BCUT2D eigenvalue weighted by Gasteiger charge is -2.13. The van der Waals surface area contributed by atoms with Crippen LogP contribution in [0.15, 0.2) is 36.4 Å². The number of phenolic OH excluding ortho intramolecular Hbond substituents is 1. The molecule has 0 aliphatic carbocycles. The first-order valence-corrected chi connectivity index (χ1v) is 9.58. The number of rotatable bonds is 5. The van der Waals surface area contributed by atoms with Crippen molar-refractivity contribution < 1.29 is 19.8 Å². The van der Waals surface area contributed by atoms with E-state index in [-0.39, 0.29) is 16.7 Å². The van der Waals surface area contributed by atoms with Crippen molar-refractivity contribution in [3.05, 3.63) is 63.3 Å². The topological polar surface area (TPSA) is 79.5 Å². The van der Waals surface area contributed by atoms with Crippen LogP contribution < -0.4 is 0 Å². The van der Waals surface area contributed by atoms with E-state index in [9.17, 15) is 19.8 Å². The quantitative estimate of drug-likeness (QED) is 0.562. The third kappa shape index (κ3) is 3.48. The minimum Gasteiger partial charge on any atom is -0.508 e. The third-order valence-electron chi connectivity index (χ3n) is 4.83. The average Bonchev–Trinajstić information content (AvgIpc) is 2.92. The van der Waals surface area contributed by atoms with E-state index < -0.39 is 11.9 Å². The van der Waals surface area contributed by atoms with Crippen molar-refractivity contribution in [1.82, 2.24) is 4.57 Å². The van der Waals surface area contributed by atoms with Gasteiger partial charge in [-0.25, -0.2) is 0 Å². The molecule has 1 unspecified atom stereocenters. The van der Waals surface area contributed by atoms with Crippen LogP contribution in [-0.4, -0.2) is 26.7 Å². The van der Waals surface area contributed by atoms with Gasteiger partial charge in [-0.1, -0.05) is 36.5 Å². The fraction of sp³-hybridized carbons (Fsp3) is 0.238. The molecule has 0 fully saturated rings. The van der Waals surface area contributed by atoms with Crippen LogP contribution in [0.5, 0.6) is 5.75 Å². The molecular weight excluding hydrogens is 401 g/mol. The standard InChI is InChI=1S/C21H19Cl2NO4/c1-3-4-14(21(27)28)19-11(2)24(18-8-6-13(25)10-15(18)19)20(26)12-5-7-16(22)17(23)9-12/h5-10,14,25H,3-4H2,1-2H3,(H,27,28). The summed E-state index contributed by atoms with van der Waals surface area (Å²) in [5.74, 6) is -2.08. The summed E-state index contributed by atoms with van der Waals surface area (Å²) >= 11 is 12.0. The molecule has 0 saturated heterocycles. The van der Waals surface area contributed by atoms with Gasteiger partial charge in [0.1, 0.15) is 5.75 Å². The Bertz CT molecular complexity index is 1090. The Kier molecular flexibility index (Phi) is 5.68. The van der Waals surface area contributed by atoms with Gasteiger partial charge in [0, 0.05) is 16.6 Å². The van der Waals surface area contributed by atoms with Gasteiger partial charge in [-0.05, 0) is 55.3 Å². The van der Waals surface area contributed by atoms with Crippen molar-refractivity contribution in [2.24, 2.45) is 0 Å². The molecule has 0 saturated carbocycles. The molecule has 1 heterocycles. The van der Waals surface area contributed by atoms with Crippen LogP contribution >= 0.6 is 23.2 Å². The molecule has 3 aromatic rings. The zero-order valence-corrected chi connectivity index (χ0v) is 16.9. The molecule has 2 N–H and O–H groups in total. The summed E-state index contributed by atoms with van der Waals surface area (Å²) in [6, 6.07) is 9.19. The minimum absolute atomic E-state index is 0.00789. The van der Waals surface area contributed by atoms with Gasteiger partial charge >= 0.3 is 5.97 Å². The molecule has 1 aromatic heterocycles. The van der Waals surface area contributed by atoms with Gasteiger partial charge in [0.25, 0.3) is 5.91 Å². The number of aliphatic carboxylic acids is 1. The average molecular weight is 420 g/mol. The lowest BCUT2D eigenvalue weighted by atomic mass is 9.92. The fourth-order valence-electron chi connectivity index (χ4n) is 3.57. The molecule has 0 aliphatic heterocycles. The van der Waals surface area contributed by atoms with E-state index in [1.54, 1.807) is 25.1 Å². The number of carbonyl (C=O) groups excluding carboxylic acids is 1. The van der Waals surface area contributed by atoms with Gasteiger partial charge in [-0.2, -0.15) is 0 Å². The van der Waals surface area contributed by atoms with E-state index in [0.717, 1.165) is 0 Å². The van der Waals surface area contributed by atoms with Gasteiger partial charge in [-0.3, -0.25) is 14.2 Å². The number of carbonyl (C=O) groups is 2. The number of halogens is 2. The number of aromatic hydroxyl groups is 1. The van der Waals surface area contributed by atoms with Crippen LogP contribution in [0.1, 0.15) is 47.3 Å². The van der Waals surface area contributed by atoms with E-state index >= 15 is 0 Å². The predicted molar refractivity (Wildman–Crippen MR) is 110 cm³/mol. The first kappa shape index (κ1) is 20.2. The van der Waals surface area contributed by atoms with Crippen LogP contribution in [0.2, 0.25) is 10.0 Å². The first-order valence-electron chi connectivity index (χ1n) is 8.82. The molecule has 3 rings (SSSR count). The maximum absolute atomic E-state index is 13.2. The molecule has 7 heteroatoms. The van der Waals surface area contributed by atoms with Crippen molar-refractivity contribution in [3.63, 3.8) is 0 Å². The highest BCUT2D eigenvalue weighted by Crippen LogP contribution is 2.37. The van der Waals surface area contributed by atoms with Crippen molar-refractivity contribution in [2.45, 2.75) is 32.6 Å². The normalized spacial score (nSPS) is 12.3. The number of aromatic nitrogens is 1. The highest BCUT2D eigenvalue weighted by molar-refractivity contribution is 6.42.